The van der Waals surface area contributed by atoms with Crippen molar-refractivity contribution in [2.75, 3.05) is 13.7 Å². The molecule has 0 radical (unpaired) electrons. The highest BCUT2D eigenvalue weighted by molar-refractivity contribution is 6.01. The number of rotatable bonds is 3. The number of carbonyl (C=O) groups is 2. The number of methoxy groups -OCH3 is 1. The first-order valence-corrected chi connectivity index (χ1v) is 7.94. The highest BCUT2D eigenvalue weighted by Gasteiger charge is 2.43. The Morgan fingerprint density at radius 1 is 1.37 bits per heavy atom. The molecule has 2 aliphatic heterocycles. The monoisotopic (exact) mass is 385 g/mol. The van der Waals surface area contributed by atoms with Crippen LogP contribution in [0.4, 0.5) is 17.6 Å². The summed E-state index contributed by atoms with van der Waals surface area (Å²) in [6.45, 7) is 1.41. The highest BCUT2D eigenvalue weighted by atomic mass is 19.4. The number of benzene rings is 1. The van der Waals surface area contributed by atoms with Crippen molar-refractivity contribution in [1.29, 1.82) is 0 Å². The maximum absolute atomic E-state index is 14.3. The quantitative estimate of drug-likeness (QED) is 0.640. The number of hydrogen-bond acceptors (Lipinski definition) is 5. The van der Waals surface area contributed by atoms with Crippen LogP contribution in [0.15, 0.2) is 40.7 Å². The fraction of sp³-hybridized carbons (Fsp3) is 0.333. The molecule has 2 aliphatic rings. The van der Waals surface area contributed by atoms with Crippen LogP contribution in [-0.2, 0) is 25.5 Å². The van der Waals surface area contributed by atoms with E-state index in [-0.39, 0.29) is 23.3 Å². The molecule has 0 bridgehead atoms. The first-order chi connectivity index (χ1) is 12.6. The first kappa shape index (κ1) is 18.9. The van der Waals surface area contributed by atoms with Gasteiger partial charge in [0, 0.05) is 11.3 Å². The number of dihydropyridines is 1. The molecule has 5 nitrogen and oxygen atoms in total. The standard InChI is InChI=1S/C18H15F4NO4/c1-8-13(16(24)26-2)14(15-12(23-8)7-27-17(15)25)9-4-3-5-11(19)10(9)6-18(20,21)22/h3-5,14,23H,6-7H2,1-2H3/t14-/m0/s1. The molecule has 0 saturated heterocycles. The molecular formula is C18H15F4NO4. The van der Waals surface area contributed by atoms with Gasteiger partial charge in [0.25, 0.3) is 0 Å². The molecule has 0 aromatic heterocycles. The largest absolute Gasteiger partial charge is 0.466 e. The third kappa shape index (κ3) is 3.41. The van der Waals surface area contributed by atoms with Gasteiger partial charge in [-0.15, -0.1) is 0 Å². The fourth-order valence-electron chi connectivity index (χ4n) is 3.39. The van der Waals surface area contributed by atoms with E-state index >= 15 is 0 Å². The third-order valence-electron chi connectivity index (χ3n) is 4.46. The van der Waals surface area contributed by atoms with Crippen LogP contribution in [-0.4, -0.2) is 31.8 Å². The number of halogens is 4. The van der Waals surface area contributed by atoms with Gasteiger partial charge < -0.3 is 14.8 Å². The summed E-state index contributed by atoms with van der Waals surface area (Å²) < 4.78 is 63.1. The Hall–Kier alpha value is -2.84. The minimum Gasteiger partial charge on any atom is -0.466 e. The molecule has 1 atom stereocenters. The zero-order valence-electron chi connectivity index (χ0n) is 14.4. The second-order valence-corrected chi connectivity index (χ2v) is 6.16. The zero-order chi connectivity index (χ0) is 19.9. The number of alkyl halides is 3. The molecule has 0 aliphatic carbocycles. The molecule has 1 aromatic carbocycles. The molecule has 27 heavy (non-hydrogen) atoms. The summed E-state index contributed by atoms with van der Waals surface area (Å²) in [5, 5.41) is 2.85. The van der Waals surface area contributed by atoms with Gasteiger partial charge in [0.1, 0.15) is 12.4 Å². The molecule has 144 valence electrons. The highest BCUT2D eigenvalue weighted by Crippen LogP contribution is 2.43. The topological polar surface area (TPSA) is 64.6 Å². The minimum atomic E-state index is -4.68. The molecule has 0 spiro atoms. The van der Waals surface area contributed by atoms with Gasteiger partial charge in [-0.2, -0.15) is 13.2 Å². The Morgan fingerprint density at radius 3 is 2.70 bits per heavy atom. The van der Waals surface area contributed by atoms with Gasteiger partial charge in [-0.1, -0.05) is 12.1 Å². The molecule has 1 N–H and O–H groups in total. The van der Waals surface area contributed by atoms with Gasteiger partial charge in [0.15, 0.2) is 0 Å². The van der Waals surface area contributed by atoms with Crippen molar-refractivity contribution in [3.8, 4) is 0 Å². The average Bonchev–Trinajstić information content (AvgIpc) is 2.94. The van der Waals surface area contributed by atoms with Crippen molar-refractivity contribution < 1.29 is 36.6 Å². The number of cyclic esters (lactones) is 1. The number of nitrogens with one attached hydrogen (secondary N) is 1. The van der Waals surface area contributed by atoms with E-state index in [9.17, 15) is 27.2 Å². The smallest absolute Gasteiger partial charge is 0.393 e. The van der Waals surface area contributed by atoms with Crippen molar-refractivity contribution in [2.45, 2.75) is 25.4 Å². The Balaban J connectivity index is 2.25. The van der Waals surface area contributed by atoms with Crippen LogP contribution in [0.3, 0.4) is 0 Å². The normalized spacial score (nSPS) is 19.6. The SMILES string of the molecule is COC(=O)C1=C(C)NC2=C(C(=O)OC2)[C@H]1c1cccc(F)c1CC(F)(F)F. The maximum Gasteiger partial charge on any atom is 0.393 e. The molecule has 0 unspecified atom stereocenters. The minimum absolute atomic E-state index is 0.0185. The summed E-state index contributed by atoms with van der Waals surface area (Å²) in [5.74, 6) is -3.91. The van der Waals surface area contributed by atoms with E-state index in [1.807, 2.05) is 0 Å². The zero-order valence-corrected chi connectivity index (χ0v) is 14.4. The van der Waals surface area contributed by atoms with Crippen LogP contribution < -0.4 is 5.32 Å². The van der Waals surface area contributed by atoms with E-state index in [2.05, 4.69) is 5.32 Å². The Morgan fingerprint density at radius 2 is 2.07 bits per heavy atom. The first-order valence-electron chi connectivity index (χ1n) is 7.94. The number of hydrogen-bond donors (Lipinski definition) is 1. The summed E-state index contributed by atoms with van der Waals surface area (Å²) in [6, 6.07) is 3.41. The molecule has 3 rings (SSSR count). The predicted molar refractivity (Wildman–Crippen MR) is 84.7 cm³/mol. The van der Waals surface area contributed by atoms with Crippen molar-refractivity contribution in [2.24, 2.45) is 0 Å². The van der Waals surface area contributed by atoms with E-state index in [0.717, 1.165) is 13.2 Å². The fourth-order valence-corrected chi connectivity index (χ4v) is 3.39. The molecule has 2 heterocycles. The van der Waals surface area contributed by atoms with E-state index in [1.54, 1.807) is 0 Å². The number of esters is 2. The average molecular weight is 385 g/mol. The van der Waals surface area contributed by atoms with Crippen LogP contribution in [0.25, 0.3) is 0 Å². The van der Waals surface area contributed by atoms with E-state index in [1.165, 1.54) is 19.1 Å². The van der Waals surface area contributed by atoms with Crippen LogP contribution in [0, 0.1) is 5.82 Å². The van der Waals surface area contributed by atoms with Crippen molar-refractivity contribution in [3.63, 3.8) is 0 Å². The molecule has 0 saturated carbocycles. The third-order valence-corrected chi connectivity index (χ3v) is 4.46. The lowest BCUT2D eigenvalue weighted by atomic mass is 9.78. The van der Waals surface area contributed by atoms with Gasteiger partial charge in [-0.05, 0) is 18.6 Å². The Kier molecular flexibility index (Phi) is 4.71. The lowest BCUT2D eigenvalue weighted by Crippen LogP contribution is -2.31. The van der Waals surface area contributed by atoms with Crippen LogP contribution >= 0.6 is 0 Å². The van der Waals surface area contributed by atoms with Crippen LogP contribution in [0.1, 0.15) is 24.0 Å². The van der Waals surface area contributed by atoms with Gasteiger partial charge in [-0.25, -0.2) is 14.0 Å². The Bertz CT molecular complexity index is 886. The maximum atomic E-state index is 14.3. The number of allylic oxidation sites excluding steroid dienone is 1. The van der Waals surface area contributed by atoms with Gasteiger partial charge in [0.2, 0.25) is 0 Å². The van der Waals surface area contributed by atoms with Crippen LogP contribution in [0.2, 0.25) is 0 Å². The lowest BCUT2D eigenvalue weighted by Gasteiger charge is -2.29. The van der Waals surface area contributed by atoms with Crippen molar-refractivity contribution in [3.05, 3.63) is 57.7 Å². The Labute approximate surface area is 151 Å². The van der Waals surface area contributed by atoms with Crippen molar-refractivity contribution >= 4 is 11.9 Å². The van der Waals surface area contributed by atoms with Crippen molar-refractivity contribution in [1.82, 2.24) is 5.32 Å². The van der Waals surface area contributed by atoms with Crippen LogP contribution in [0.5, 0.6) is 0 Å². The molecule has 1 aromatic rings. The molecular weight excluding hydrogens is 370 g/mol. The summed E-state index contributed by atoms with van der Waals surface area (Å²) in [6.07, 6.45) is -6.22. The van der Waals surface area contributed by atoms with Gasteiger partial charge in [0.05, 0.1) is 36.3 Å². The summed E-state index contributed by atoms with van der Waals surface area (Å²) in [5.41, 5.74) is -0.208. The predicted octanol–water partition coefficient (Wildman–Crippen LogP) is 2.88. The number of carbonyl (C=O) groups excluding carboxylic acids is 2. The summed E-state index contributed by atoms with van der Waals surface area (Å²) in [7, 11) is 1.11. The molecule has 0 fully saturated rings. The second kappa shape index (κ2) is 6.71. The second-order valence-electron chi connectivity index (χ2n) is 6.16. The van der Waals surface area contributed by atoms with E-state index in [0.29, 0.717) is 11.4 Å². The summed E-state index contributed by atoms with van der Waals surface area (Å²) in [4.78, 5) is 24.6. The van der Waals surface area contributed by atoms with Gasteiger partial charge >= 0.3 is 18.1 Å². The lowest BCUT2D eigenvalue weighted by molar-refractivity contribution is -0.136. The molecule has 9 heteroatoms. The molecule has 0 amide bonds. The summed E-state index contributed by atoms with van der Waals surface area (Å²) >= 11 is 0. The van der Waals surface area contributed by atoms with Gasteiger partial charge in [-0.3, -0.25) is 0 Å². The number of ether oxygens (including phenoxy) is 2. The van der Waals surface area contributed by atoms with E-state index < -0.39 is 41.8 Å². The van der Waals surface area contributed by atoms with E-state index in [4.69, 9.17) is 9.47 Å².